The molecule has 1 aromatic carbocycles. The molecule has 0 spiro atoms. The highest BCUT2D eigenvalue weighted by Gasteiger charge is 2.34. The second-order valence-electron chi connectivity index (χ2n) is 6.04. The molecule has 0 bridgehead atoms. The molecule has 1 unspecified atom stereocenters. The van der Waals surface area contributed by atoms with Crippen LogP contribution >= 0.6 is 0 Å². The predicted octanol–water partition coefficient (Wildman–Crippen LogP) is 2.82. The molecule has 1 aliphatic heterocycles. The van der Waals surface area contributed by atoms with Gasteiger partial charge in [0.1, 0.15) is 0 Å². The third-order valence-corrected chi connectivity index (χ3v) is 4.22. The van der Waals surface area contributed by atoms with E-state index in [9.17, 15) is 18.0 Å². The molecule has 1 aromatic heterocycles. The summed E-state index contributed by atoms with van der Waals surface area (Å²) in [4.78, 5) is 13.6. The third kappa shape index (κ3) is 4.01. The van der Waals surface area contributed by atoms with E-state index in [1.54, 1.807) is 6.20 Å². The van der Waals surface area contributed by atoms with Crippen LogP contribution in [0.4, 0.5) is 18.9 Å². The van der Waals surface area contributed by atoms with E-state index in [4.69, 9.17) is 0 Å². The fourth-order valence-electron chi connectivity index (χ4n) is 2.88. The number of nitrogens with one attached hydrogen (secondary N) is 1. The summed E-state index contributed by atoms with van der Waals surface area (Å²) in [5.74, 6) is -0.180. The zero-order chi connectivity index (χ0) is 18.0. The number of hydrogen-bond donors (Lipinski definition) is 1. The Morgan fingerprint density at radius 2 is 2.16 bits per heavy atom. The molecular weight excluding hydrogens is 333 g/mol. The van der Waals surface area contributed by atoms with Gasteiger partial charge >= 0.3 is 6.18 Å². The first-order chi connectivity index (χ1) is 11.9. The predicted molar refractivity (Wildman–Crippen MR) is 86.9 cm³/mol. The molecule has 1 amide bonds. The molecule has 0 radical (unpaired) electrons. The van der Waals surface area contributed by atoms with Gasteiger partial charge < -0.3 is 10.2 Å². The monoisotopic (exact) mass is 352 g/mol. The molecular formula is C17H19F3N4O. The third-order valence-electron chi connectivity index (χ3n) is 4.22. The van der Waals surface area contributed by atoms with Gasteiger partial charge in [0.05, 0.1) is 11.8 Å². The lowest BCUT2D eigenvalue weighted by Crippen LogP contribution is -2.32. The summed E-state index contributed by atoms with van der Waals surface area (Å²) >= 11 is 0. The Morgan fingerprint density at radius 3 is 2.84 bits per heavy atom. The van der Waals surface area contributed by atoms with E-state index in [1.807, 2.05) is 17.8 Å². The molecule has 25 heavy (non-hydrogen) atoms. The van der Waals surface area contributed by atoms with E-state index in [0.717, 1.165) is 24.2 Å². The SMILES string of the molecule is CCn1cc(CNC2CC(=O)N(c3cccc(C(F)(F)F)c3)C2)cn1. The smallest absolute Gasteiger partial charge is 0.311 e. The van der Waals surface area contributed by atoms with Gasteiger partial charge in [-0.3, -0.25) is 9.48 Å². The lowest BCUT2D eigenvalue weighted by Gasteiger charge is -2.18. The number of amides is 1. The van der Waals surface area contributed by atoms with Crippen molar-refractivity contribution >= 4 is 11.6 Å². The van der Waals surface area contributed by atoms with Gasteiger partial charge in [0.15, 0.2) is 0 Å². The van der Waals surface area contributed by atoms with Gasteiger partial charge in [-0.15, -0.1) is 0 Å². The number of aromatic nitrogens is 2. The number of carbonyl (C=O) groups excluding carboxylic acids is 1. The highest BCUT2D eigenvalue weighted by atomic mass is 19.4. The fraction of sp³-hybridized carbons (Fsp3) is 0.412. The van der Waals surface area contributed by atoms with Gasteiger partial charge in [0, 0.05) is 49.5 Å². The van der Waals surface area contributed by atoms with E-state index in [1.165, 1.54) is 17.0 Å². The average Bonchev–Trinajstić information content (AvgIpc) is 3.18. The molecule has 0 aliphatic carbocycles. The average molecular weight is 352 g/mol. The van der Waals surface area contributed by atoms with E-state index in [2.05, 4.69) is 10.4 Å². The molecule has 1 fully saturated rings. The van der Waals surface area contributed by atoms with Crippen molar-refractivity contribution in [3.05, 3.63) is 47.8 Å². The molecule has 2 aromatic rings. The van der Waals surface area contributed by atoms with Crippen LogP contribution in [0.2, 0.25) is 0 Å². The van der Waals surface area contributed by atoms with Crippen LogP contribution in [0, 0.1) is 0 Å². The van der Waals surface area contributed by atoms with Crippen molar-refractivity contribution in [2.45, 2.75) is 38.7 Å². The second kappa shape index (κ2) is 6.87. The van der Waals surface area contributed by atoms with Crippen molar-refractivity contribution in [1.82, 2.24) is 15.1 Å². The van der Waals surface area contributed by atoms with Gasteiger partial charge in [0.2, 0.25) is 5.91 Å². The molecule has 3 rings (SSSR count). The zero-order valence-electron chi connectivity index (χ0n) is 13.8. The summed E-state index contributed by atoms with van der Waals surface area (Å²) in [6.45, 7) is 3.69. The molecule has 1 aliphatic rings. The van der Waals surface area contributed by atoms with Crippen LogP contribution in [0.25, 0.3) is 0 Å². The number of rotatable bonds is 5. The number of aryl methyl sites for hydroxylation is 1. The number of nitrogens with zero attached hydrogens (tertiary/aromatic N) is 3. The normalized spacial score (nSPS) is 18.2. The summed E-state index contributed by atoms with van der Waals surface area (Å²) < 4.78 is 40.3. The maximum atomic E-state index is 12.8. The lowest BCUT2D eigenvalue weighted by molar-refractivity contribution is -0.137. The van der Waals surface area contributed by atoms with Gasteiger partial charge in [-0.25, -0.2) is 0 Å². The van der Waals surface area contributed by atoms with Crippen molar-refractivity contribution < 1.29 is 18.0 Å². The van der Waals surface area contributed by atoms with Crippen LogP contribution in [0.15, 0.2) is 36.7 Å². The molecule has 1 N–H and O–H groups in total. The number of alkyl halides is 3. The maximum Gasteiger partial charge on any atom is 0.416 e. The molecule has 2 heterocycles. The van der Waals surface area contributed by atoms with Gasteiger partial charge in [0.25, 0.3) is 0 Å². The maximum absolute atomic E-state index is 12.8. The van der Waals surface area contributed by atoms with Gasteiger partial charge in [-0.1, -0.05) is 6.07 Å². The lowest BCUT2D eigenvalue weighted by atomic mass is 10.2. The van der Waals surface area contributed by atoms with Crippen LogP contribution < -0.4 is 10.2 Å². The molecule has 1 saturated heterocycles. The summed E-state index contributed by atoms with van der Waals surface area (Å²) in [7, 11) is 0. The van der Waals surface area contributed by atoms with Crippen molar-refractivity contribution in [3.8, 4) is 0 Å². The molecule has 8 heteroatoms. The van der Waals surface area contributed by atoms with E-state index in [0.29, 0.717) is 13.1 Å². The van der Waals surface area contributed by atoms with Gasteiger partial charge in [-0.05, 0) is 25.1 Å². The number of carbonyl (C=O) groups is 1. The summed E-state index contributed by atoms with van der Waals surface area (Å²) in [5, 5.41) is 7.46. The summed E-state index contributed by atoms with van der Waals surface area (Å²) in [6.07, 6.45) is -0.472. The van der Waals surface area contributed by atoms with Crippen LogP contribution in [-0.4, -0.2) is 28.3 Å². The molecule has 0 saturated carbocycles. The number of halogens is 3. The van der Waals surface area contributed by atoms with Crippen molar-refractivity contribution in [3.63, 3.8) is 0 Å². The van der Waals surface area contributed by atoms with Crippen molar-refractivity contribution in [2.75, 3.05) is 11.4 Å². The first kappa shape index (κ1) is 17.5. The van der Waals surface area contributed by atoms with Crippen LogP contribution in [-0.2, 0) is 24.1 Å². The van der Waals surface area contributed by atoms with Crippen molar-refractivity contribution in [2.24, 2.45) is 0 Å². The zero-order valence-corrected chi connectivity index (χ0v) is 13.8. The summed E-state index contributed by atoms with van der Waals surface area (Å²) in [6, 6.07) is 4.77. The minimum atomic E-state index is -4.42. The van der Waals surface area contributed by atoms with Crippen molar-refractivity contribution in [1.29, 1.82) is 0 Å². The highest BCUT2D eigenvalue weighted by Crippen LogP contribution is 2.32. The van der Waals surface area contributed by atoms with Crippen LogP contribution in [0.1, 0.15) is 24.5 Å². The molecule has 134 valence electrons. The van der Waals surface area contributed by atoms with E-state index < -0.39 is 11.7 Å². The summed E-state index contributed by atoms with van der Waals surface area (Å²) in [5.41, 5.74) is 0.538. The Bertz CT molecular complexity index is 756. The Labute approximate surface area is 143 Å². The Morgan fingerprint density at radius 1 is 1.36 bits per heavy atom. The number of hydrogen-bond acceptors (Lipinski definition) is 3. The largest absolute Gasteiger partial charge is 0.416 e. The Hall–Kier alpha value is -2.35. The van der Waals surface area contributed by atoms with Crippen LogP contribution in [0.3, 0.4) is 0 Å². The standard InChI is InChI=1S/C17H19F3N4O/c1-2-23-10-12(9-22-23)8-21-14-7-16(25)24(11-14)15-5-3-4-13(6-15)17(18,19)20/h3-6,9-10,14,21H,2,7-8,11H2,1H3. The minimum Gasteiger partial charge on any atom is -0.311 e. The number of benzene rings is 1. The Balaban J connectivity index is 1.64. The number of anilines is 1. The van der Waals surface area contributed by atoms with E-state index in [-0.39, 0.29) is 24.1 Å². The first-order valence-electron chi connectivity index (χ1n) is 8.09. The van der Waals surface area contributed by atoms with E-state index >= 15 is 0 Å². The topological polar surface area (TPSA) is 50.2 Å². The Kier molecular flexibility index (Phi) is 4.80. The quantitative estimate of drug-likeness (QED) is 0.900. The molecule has 1 atom stereocenters. The van der Waals surface area contributed by atoms with Gasteiger partial charge in [-0.2, -0.15) is 18.3 Å². The second-order valence-corrected chi connectivity index (χ2v) is 6.04. The fourth-order valence-corrected chi connectivity index (χ4v) is 2.88. The highest BCUT2D eigenvalue weighted by molar-refractivity contribution is 5.96. The minimum absolute atomic E-state index is 0.105. The first-order valence-corrected chi connectivity index (χ1v) is 8.09. The molecule has 5 nitrogen and oxygen atoms in total. The van der Waals surface area contributed by atoms with Crippen LogP contribution in [0.5, 0.6) is 0 Å².